The maximum atomic E-state index is 12.1. The van der Waals surface area contributed by atoms with E-state index in [4.69, 9.17) is 4.74 Å². The molecule has 0 bridgehead atoms. The van der Waals surface area contributed by atoms with Crippen LogP contribution in [0.5, 0.6) is 5.88 Å². The minimum Gasteiger partial charge on any atom is -0.467 e. The van der Waals surface area contributed by atoms with E-state index in [1.807, 2.05) is 32.9 Å². The molecule has 7 nitrogen and oxygen atoms in total. The van der Waals surface area contributed by atoms with E-state index in [-0.39, 0.29) is 18.6 Å². The molecule has 0 aliphatic heterocycles. The zero-order chi connectivity index (χ0) is 19.6. The number of carbonyl (C=O) groups excluding carboxylic acids is 1. The monoisotopic (exact) mass is 367 g/mol. The minimum absolute atomic E-state index is 0.0822. The summed E-state index contributed by atoms with van der Waals surface area (Å²) in [6.07, 6.45) is 3.09. The third-order valence-electron chi connectivity index (χ3n) is 4.51. The van der Waals surface area contributed by atoms with Crippen LogP contribution in [0.15, 0.2) is 30.7 Å². The molecule has 142 valence electrons. The fourth-order valence-electron chi connectivity index (χ4n) is 2.80. The lowest BCUT2D eigenvalue weighted by atomic mass is 10.1. The first-order chi connectivity index (χ1) is 12.8. The Morgan fingerprint density at radius 2 is 1.85 bits per heavy atom. The minimum atomic E-state index is -0.176. The second-order valence-electron chi connectivity index (χ2n) is 7.21. The first-order valence-corrected chi connectivity index (χ1v) is 9.04. The Kier molecular flexibility index (Phi) is 5.39. The Hall–Kier alpha value is -2.96. The van der Waals surface area contributed by atoms with Crippen molar-refractivity contribution in [1.82, 2.24) is 25.1 Å². The normalized spacial score (nSPS) is 12.4. The van der Waals surface area contributed by atoms with Gasteiger partial charge in [0.25, 0.3) is 5.91 Å². The van der Waals surface area contributed by atoms with Gasteiger partial charge in [-0.3, -0.25) is 4.79 Å². The zero-order valence-electron chi connectivity index (χ0n) is 16.4. The Morgan fingerprint density at radius 1 is 1.15 bits per heavy atom. The molecule has 7 heteroatoms. The lowest BCUT2D eigenvalue weighted by Crippen LogP contribution is -2.39. The van der Waals surface area contributed by atoms with Gasteiger partial charge in [0.05, 0.1) is 11.9 Å². The first kappa shape index (κ1) is 18.8. The zero-order valence-corrected chi connectivity index (χ0v) is 16.4. The number of amides is 1. The topological polar surface area (TPSA) is 81.9 Å². The number of aromatic nitrogens is 4. The van der Waals surface area contributed by atoms with E-state index in [1.54, 1.807) is 10.9 Å². The quantitative estimate of drug-likeness (QED) is 0.724. The van der Waals surface area contributed by atoms with Crippen LogP contribution >= 0.6 is 0 Å². The summed E-state index contributed by atoms with van der Waals surface area (Å²) in [6.45, 7) is 10.1. The molecule has 3 aromatic rings. The highest BCUT2D eigenvalue weighted by Crippen LogP contribution is 2.24. The van der Waals surface area contributed by atoms with Gasteiger partial charge in [-0.2, -0.15) is 5.10 Å². The van der Waals surface area contributed by atoms with E-state index in [0.717, 1.165) is 16.8 Å². The van der Waals surface area contributed by atoms with Crippen molar-refractivity contribution >= 4 is 16.9 Å². The summed E-state index contributed by atoms with van der Waals surface area (Å²) in [6, 6.07) is 6.28. The van der Waals surface area contributed by atoms with Crippen molar-refractivity contribution in [2.45, 2.75) is 40.7 Å². The highest BCUT2D eigenvalue weighted by atomic mass is 16.5. The van der Waals surface area contributed by atoms with Crippen molar-refractivity contribution in [3.05, 3.63) is 41.9 Å². The van der Waals surface area contributed by atoms with Crippen LogP contribution in [0.1, 0.15) is 31.9 Å². The van der Waals surface area contributed by atoms with Crippen LogP contribution < -0.4 is 10.1 Å². The first-order valence-electron chi connectivity index (χ1n) is 9.04. The Morgan fingerprint density at radius 3 is 2.52 bits per heavy atom. The van der Waals surface area contributed by atoms with Crippen molar-refractivity contribution in [3.8, 4) is 11.6 Å². The number of hydrogen-bond acceptors (Lipinski definition) is 5. The second-order valence-corrected chi connectivity index (χ2v) is 7.21. The summed E-state index contributed by atoms with van der Waals surface area (Å²) in [7, 11) is 0. The van der Waals surface area contributed by atoms with Gasteiger partial charge in [0.15, 0.2) is 12.3 Å². The summed E-state index contributed by atoms with van der Waals surface area (Å²) < 4.78 is 7.40. The average Bonchev–Trinajstić information content (AvgIpc) is 3.03. The second kappa shape index (κ2) is 7.73. The van der Waals surface area contributed by atoms with Crippen molar-refractivity contribution in [1.29, 1.82) is 0 Å². The van der Waals surface area contributed by atoms with E-state index in [0.29, 0.717) is 22.8 Å². The predicted octanol–water partition coefficient (Wildman–Crippen LogP) is 2.97. The molecule has 1 N–H and O–H groups in total. The van der Waals surface area contributed by atoms with E-state index >= 15 is 0 Å². The maximum absolute atomic E-state index is 12.1. The van der Waals surface area contributed by atoms with Crippen LogP contribution in [0.3, 0.4) is 0 Å². The molecule has 2 aromatic heterocycles. The molecule has 0 fully saturated rings. The molecular formula is C20H25N5O2. The number of hydrogen-bond donors (Lipinski definition) is 1. The van der Waals surface area contributed by atoms with Gasteiger partial charge in [0.2, 0.25) is 5.88 Å². The highest BCUT2D eigenvalue weighted by Gasteiger charge is 2.15. The fraction of sp³-hybridized carbons (Fsp3) is 0.400. The van der Waals surface area contributed by atoms with E-state index in [9.17, 15) is 4.79 Å². The molecule has 1 aromatic carbocycles. The molecule has 2 heterocycles. The molecule has 27 heavy (non-hydrogen) atoms. The van der Waals surface area contributed by atoms with Crippen LogP contribution in [-0.2, 0) is 4.79 Å². The van der Waals surface area contributed by atoms with Crippen LogP contribution in [-0.4, -0.2) is 38.3 Å². The summed E-state index contributed by atoms with van der Waals surface area (Å²) in [5.74, 6) is 0.531. The van der Waals surface area contributed by atoms with Gasteiger partial charge in [0.1, 0.15) is 11.7 Å². The Balaban J connectivity index is 1.82. The fourth-order valence-corrected chi connectivity index (χ4v) is 2.80. The lowest BCUT2D eigenvalue weighted by Gasteiger charge is -2.17. The molecule has 1 unspecified atom stereocenters. The lowest BCUT2D eigenvalue weighted by molar-refractivity contribution is -0.124. The SMILES string of the molecule is Cc1cc(C)cc(-n2ncc3c(OCC(=O)NC(C)C(C)C)ncnc32)c1. The molecule has 3 rings (SSSR count). The number of nitrogens with one attached hydrogen (secondary N) is 1. The highest BCUT2D eigenvalue weighted by molar-refractivity contribution is 5.82. The number of ether oxygens (including phenoxy) is 1. The van der Waals surface area contributed by atoms with Gasteiger partial charge in [0, 0.05) is 6.04 Å². The van der Waals surface area contributed by atoms with Crippen molar-refractivity contribution in [3.63, 3.8) is 0 Å². The Labute approximate surface area is 158 Å². The number of benzene rings is 1. The van der Waals surface area contributed by atoms with Crippen LogP contribution in [0.25, 0.3) is 16.7 Å². The average molecular weight is 367 g/mol. The van der Waals surface area contributed by atoms with Gasteiger partial charge in [-0.1, -0.05) is 19.9 Å². The molecule has 0 saturated carbocycles. The molecule has 0 radical (unpaired) electrons. The van der Waals surface area contributed by atoms with Crippen molar-refractivity contribution in [2.75, 3.05) is 6.61 Å². The van der Waals surface area contributed by atoms with Crippen LogP contribution in [0, 0.1) is 19.8 Å². The molecule has 0 aliphatic carbocycles. The van der Waals surface area contributed by atoms with Crippen molar-refractivity contribution < 1.29 is 9.53 Å². The van der Waals surface area contributed by atoms with Gasteiger partial charge in [-0.05, 0) is 49.9 Å². The molecule has 0 aliphatic rings. The smallest absolute Gasteiger partial charge is 0.258 e. The summed E-state index contributed by atoms with van der Waals surface area (Å²) >= 11 is 0. The summed E-state index contributed by atoms with van der Waals surface area (Å²) in [4.78, 5) is 20.6. The number of carbonyl (C=O) groups is 1. The standard InChI is InChI=1S/C20H25N5O2/c1-12(2)15(5)24-18(26)10-27-20-17-9-23-25(19(17)21-11-22-20)16-7-13(3)6-14(4)8-16/h6-9,11-12,15H,10H2,1-5H3,(H,24,26). The summed E-state index contributed by atoms with van der Waals surface area (Å²) in [5, 5.41) is 8.02. The van der Waals surface area contributed by atoms with Gasteiger partial charge < -0.3 is 10.1 Å². The number of rotatable bonds is 6. The summed E-state index contributed by atoms with van der Waals surface area (Å²) in [5.41, 5.74) is 3.86. The molecule has 0 spiro atoms. The molecule has 1 amide bonds. The third-order valence-corrected chi connectivity index (χ3v) is 4.51. The van der Waals surface area contributed by atoms with Gasteiger partial charge >= 0.3 is 0 Å². The third kappa shape index (κ3) is 4.24. The molecular weight excluding hydrogens is 342 g/mol. The molecule has 1 atom stereocenters. The van der Waals surface area contributed by atoms with Crippen molar-refractivity contribution in [2.24, 2.45) is 5.92 Å². The van der Waals surface area contributed by atoms with Crippen LogP contribution in [0.2, 0.25) is 0 Å². The van der Waals surface area contributed by atoms with Gasteiger partial charge in [-0.15, -0.1) is 0 Å². The molecule has 0 saturated heterocycles. The van der Waals surface area contributed by atoms with E-state index in [1.165, 1.54) is 6.33 Å². The largest absolute Gasteiger partial charge is 0.467 e. The van der Waals surface area contributed by atoms with E-state index < -0.39 is 0 Å². The number of nitrogens with zero attached hydrogens (tertiary/aromatic N) is 4. The number of aryl methyl sites for hydroxylation is 2. The maximum Gasteiger partial charge on any atom is 0.258 e. The van der Waals surface area contributed by atoms with Crippen LogP contribution in [0.4, 0.5) is 0 Å². The van der Waals surface area contributed by atoms with Gasteiger partial charge in [-0.25, -0.2) is 14.6 Å². The predicted molar refractivity (Wildman–Crippen MR) is 104 cm³/mol. The van der Waals surface area contributed by atoms with E-state index in [2.05, 4.69) is 40.3 Å². The number of fused-ring (bicyclic) bond motifs is 1. The Bertz CT molecular complexity index is 944.